The second-order valence-electron chi connectivity index (χ2n) is 12.2. The van der Waals surface area contributed by atoms with Gasteiger partial charge < -0.3 is 25.2 Å². The number of piperidine rings is 1. The minimum absolute atomic E-state index is 0.428. The van der Waals surface area contributed by atoms with E-state index in [2.05, 4.69) is 86.9 Å². The lowest BCUT2D eigenvalue weighted by Crippen LogP contribution is -2.52. The first-order valence-corrected chi connectivity index (χ1v) is 18.5. The molecule has 45 heavy (non-hydrogen) atoms. The average molecular weight is 647 g/mol. The van der Waals surface area contributed by atoms with Crippen molar-refractivity contribution in [3.8, 4) is 5.75 Å². The number of nitrogens with zero attached hydrogens (tertiary/aromatic N) is 6. The summed E-state index contributed by atoms with van der Waals surface area (Å²) in [6.07, 6.45) is 6.79. The minimum atomic E-state index is -0.428. The van der Waals surface area contributed by atoms with Gasteiger partial charge in [-0.3, -0.25) is 9.88 Å². The van der Waals surface area contributed by atoms with Gasteiger partial charge in [0.15, 0.2) is 5.82 Å². The molecule has 2 fully saturated rings. The SMILES string of the molecule is CCc1cc(Nc2ncc(Cl)c(Nc3cnc4ccccc4c3P(C)C)n2)c(OC)cc1N1CCC(N2CCN(C)CC2)CC1. The molecule has 2 aromatic carbocycles. The van der Waals surface area contributed by atoms with Crippen molar-refractivity contribution < 1.29 is 4.74 Å². The van der Waals surface area contributed by atoms with Gasteiger partial charge in [0.05, 0.1) is 36.4 Å². The number of nitrogens with one attached hydrogen (secondary N) is 2. The van der Waals surface area contributed by atoms with E-state index in [4.69, 9.17) is 21.3 Å². The van der Waals surface area contributed by atoms with E-state index in [9.17, 15) is 0 Å². The molecule has 4 aromatic rings. The Hall–Kier alpha value is -3.23. The second-order valence-corrected chi connectivity index (χ2v) is 14.8. The zero-order valence-electron chi connectivity index (χ0n) is 27.0. The lowest BCUT2D eigenvalue weighted by atomic mass is 9.99. The number of benzene rings is 2. The number of aryl methyl sites for hydroxylation is 1. The number of hydrogen-bond acceptors (Lipinski definition) is 9. The number of hydrogen-bond donors (Lipinski definition) is 2. The maximum atomic E-state index is 6.61. The molecule has 238 valence electrons. The normalized spacial score (nSPS) is 16.8. The summed E-state index contributed by atoms with van der Waals surface area (Å²) >= 11 is 6.61. The van der Waals surface area contributed by atoms with Crippen LogP contribution in [0, 0.1) is 0 Å². The van der Waals surface area contributed by atoms with Crippen LogP contribution in [0.15, 0.2) is 48.8 Å². The van der Waals surface area contributed by atoms with Crippen molar-refractivity contribution in [2.45, 2.75) is 32.2 Å². The largest absolute Gasteiger partial charge is 0.494 e. The summed E-state index contributed by atoms with van der Waals surface area (Å²) in [5, 5.41) is 9.69. The summed E-state index contributed by atoms with van der Waals surface area (Å²) in [6, 6.07) is 13.3. The van der Waals surface area contributed by atoms with Gasteiger partial charge in [0.2, 0.25) is 5.95 Å². The second kappa shape index (κ2) is 14.0. The Kier molecular flexibility index (Phi) is 9.90. The van der Waals surface area contributed by atoms with Crippen molar-refractivity contribution in [3.63, 3.8) is 0 Å². The van der Waals surface area contributed by atoms with Gasteiger partial charge in [-0.1, -0.05) is 44.6 Å². The molecule has 2 N–H and O–H groups in total. The first-order chi connectivity index (χ1) is 21.8. The van der Waals surface area contributed by atoms with Crippen LogP contribution in [0.2, 0.25) is 5.02 Å². The number of halogens is 1. The van der Waals surface area contributed by atoms with Crippen LogP contribution in [0.25, 0.3) is 10.9 Å². The summed E-state index contributed by atoms with van der Waals surface area (Å²) in [5.74, 6) is 1.73. The number of methoxy groups -OCH3 is 1. The number of pyridine rings is 1. The molecule has 0 atom stereocenters. The van der Waals surface area contributed by atoms with Crippen molar-refractivity contribution in [3.05, 3.63) is 59.4 Å². The Labute approximate surface area is 273 Å². The molecule has 6 rings (SSSR count). The van der Waals surface area contributed by atoms with E-state index in [1.165, 1.54) is 55.6 Å². The number of likely N-dealkylation sites (N-methyl/N-ethyl adjacent to an activating group) is 1. The van der Waals surface area contributed by atoms with Gasteiger partial charge in [0, 0.05) is 67.8 Å². The Bertz CT molecular complexity index is 1640. The van der Waals surface area contributed by atoms with E-state index < -0.39 is 7.92 Å². The van der Waals surface area contributed by atoms with E-state index in [0.717, 1.165) is 47.5 Å². The molecule has 4 heterocycles. The highest BCUT2D eigenvalue weighted by molar-refractivity contribution is 7.65. The maximum Gasteiger partial charge on any atom is 0.229 e. The molecule has 0 bridgehead atoms. The van der Waals surface area contributed by atoms with Crippen molar-refractivity contribution in [1.82, 2.24) is 24.8 Å². The standard InChI is InChI=1S/C34H44ClN8OP/c1-6-23-19-28(31(44-3)20-30(23)43-13-11-24(12-14-43)42-17-15-41(2)16-18-42)39-34-37-21-26(35)33(40-34)38-29-22-36-27-10-8-7-9-25(27)32(29)45(4)5/h7-10,19-22,24H,6,11-18H2,1-5H3,(H2,37,38,39,40). The van der Waals surface area contributed by atoms with Gasteiger partial charge in [-0.25, -0.2) is 4.98 Å². The number of rotatable bonds is 9. The third-order valence-electron chi connectivity index (χ3n) is 9.08. The third kappa shape index (κ3) is 6.97. The van der Waals surface area contributed by atoms with Gasteiger partial charge in [-0.2, -0.15) is 4.98 Å². The van der Waals surface area contributed by atoms with Crippen LogP contribution in [0.5, 0.6) is 5.75 Å². The summed E-state index contributed by atoms with van der Waals surface area (Å²) in [7, 11) is 3.51. The molecule has 11 heteroatoms. The van der Waals surface area contributed by atoms with Gasteiger partial charge in [-0.05, 0) is 57.3 Å². The van der Waals surface area contributed by atoms with Crippen LogP contribution < -0.4 is 25.6 Å². The zero-order chi connectivity index (χ0) is 31.5. The molecule has 0 saturated carbocycles. The van der Waals surface area contributed by atoms with Crippen molar-refractivity contribution in [1.29, 1.82) is 0 Å². The van der Waals surface area contributed by atoms with Crippen LogP contribution in [-0.4, -0.2) is 97.5 Å². The molecule has 0 amide bonds. The smallest absolute Gasteiger partial charge is 0.229 e. The maximum absolute atomic E-state index is 6.61. The van der Waals surface area contributed by atoms with Crippen molar-refractivity contribution in [2.75, 3.05) is 82.3 Å². The first-order valence-electron chi connectivity index (χ1n) is 15.8. The predicted octanol–water partition coefficient (Wildman–Crippen LogP) is 6.32. The van der Waals surface area contributed by atoms with E-state index >= 15 is 0 Å². The fourth-order valence-electron chi connectivity index (χ4n) is 6.58. The Balaban J connectivity index is 1.21. The molecule has 0 spiro atoms. The quantitative estimate of drug-likeness (QED) is 0.203. The topological polar surface area (TPSA) is 81.7 Å². The lowest BCUT2D eigenvalue weighted by Gasteiger charge is -2.43. The number of fused-ring (bicyclic) bond motifs is 1. The van der Waals surface area contributed by atoms with Crippen molar-refractivity contribution >= 4 is 64.6 Å². The molecule has 2 aromatic heterocycles. The number of aromatic nitrogens is 3. The van der Waals surface area contributed by atoms with E-state index in [1.807, 2.05) is 18.3 Å². The first kappa shape index (κ1) is 31.7. The third-order valence-corrected chi connectivity index (χ3v) is 10.7. The Morgan fingerprint density at radius 3 is 2.42 bits per heavy atom. The molecule has 0 aliphatic carbocycles. The molecule has 9 nitrogen and oxygen atoms in total. The van der Waals surface area contributed by atoms with Crippen molar-refractivity contribution in [2.24, 2.45) is 0 Å². The molecular formula is C34H44ClN8OP. The molecule has 0 unspecified atom stereocenters. The fraction of sp³-hybridized carbons (Fsp3) is 0.441. The predicted molar refractivity (Wildman–Crippen MR) is 190 cm³/mol. The van der Waals surface area contributed by atoms with E-state index in [-0.39, 0.29) is 0 Å². The summed E-state index contributed by atoms with van der Waals surface area (Å²) in [4.78, 5) is 21.6. The van der Waals surface area contributed by atoms with Gasteiger partial charge in [0.1, 0.15) is 10.8 Å². The average Bonchev–Trinajstić information content (AvgIpc) is 3.06. The zero-order valence-corrected chi connectivity index (χ0v) is 28.6. The van der Waals surface area contributed by atoms with Crippen LogP contribution >= 0.6 is 19.5 Å². The van der Waals surface area contributed by atoms with Gasteiger partial charge >= 0.3 is 0 Å². The summed E-state index contributed by atoms with van der Waals surface area (Å²) in [6.45, 7) is 13.5. The molecule has 2 aliphatic heterocycles. The summed E-state index contributed by atoms with van der Waals surface area (Å²) in [5.41, 5.74) is 5.24. The van der Waals surface area contributed by atoms with Gasteiger partial charge in [-0.15, -0.1) is 0 Å². The molecule has 2 aliphatic rings. The van der Waals surface area contributed by atoms with Crippen LogP contribution in [0.4, 0.5) is 28.8 Å². The minimum Gasteiger partial charge on any atom is -0.494 e. The number of para-hydroxylation sites is 1. The summed E-state index contributed by atoms with van der Waals surface area (Å²) < 4.78 is 5.90. The lowest BCUT2D eigenvalue weighted by molar-refractivity contribution is 0.0982. The highest BCUT2D eigenvalue weighted by Gasteiger charge is 2.28. The monoisotopic (exact) mass is 646 g/mol. The van der Waals surface area contributed by atoms with Crippen LogP contribution in [0.3, 0.4) is 0 Å². The fourth-order valence-corrected chi connectivity index (χ4v) is 7.98. The van der Waals surface area contributed by atoms with Gasteiger partial charge in [0.25, 0.3) is 0 Å². The van der Waals surface area contributed by atoms with Crippen LogP contribution in [-0.2, 0) is 6.42 Å². The Morgan fingerprint density at radius 1 is 0.956 bits per heavy atom. The van der Waals surface area contributed by atoms with E-state index in [0.29, 0.717) is 22.8 Å². The molecule has 2 saturated heterocycles. The van der Waals surface area contributed by atoms with E-state index in [1.54, 1.807) is 13.3 Å². The number of piperazine rings is 1. The van der Waals surface area contributed by atoms with Crippen LogP contribution in [0.1, 0.15) is 25.3 Å². The highest BCUT2D eigenvalue weighted by Crippen LogP contribution is 2.38. The molecular weight excluding hydrogens is 603 g/mol. The highest BCUT2D eigenvalue weighted by atomic mass is 35.5. The number of ether oxygens (including phenoxy) is 1. The molecule has 0 radical (unpaired) electrons. The number of anilines is 5. The Morgan fingerprint density at radius 2 is 1.71 bits per heavy atom.